The summed E-state index contributed by atoms with van der Waals surface area (Å²) in [5, 5.41) is 3.94. The van der Waals surface area contributed by atoms with Crippen molar-refractivity contribution in [2.75, 3.05) is 27.4 Å². The maximum atomic E-state index is 12.8. The van der Waals surface area contributed by atoms with Crippen molar-refractivity contribution < 1.29 is 23.4 Å². The van der Waals surface area contributed by atoms with Crippen molar-refractivity contribution in [1.29, 1.82) is 0 Å². The fourth-order valence-electron chi connectivity index (χ4n) is 4.51. The van der Waals surface area contributed by atoms with E-state index in [0.717, 1.165) is 61.6 Å². The molecule has 0 bridgehead atoms. The van der Waals surface area contributed by atoms with Crippen molar-refractivity contribution in [3.05, 3.63) is 83.6 Å². The highest BCUT2D eigenvalue weighted by molar-refractivity contribution is 6.01. The minimum absolute atomic E-state index is 0.159. The first-order chi connectivity index (χ1) is 18.0. The van der Waals surface area contributed by atoms with Gasteiger partial charge in [0.25, 0.3) is 0 Å². The van der Waals surface area contributed by atoms with Gasteiger partial charge in [0.05, 0.1) is 27.1 Å². The van der Waals surface area contributed by atoms with Crippen LogP contribution in [0, 0.1) is 6.92 Å². The van der Waals surface area contributed by atoms with Crippen LogP contribution in [0.1, 0.15) is 30.5 Å². The van der Waals surface area contributed by atoms with Gasteiger partial charge in [-0.15, -0.1) is 0 Å². The second kappa shape index (κ2) is 11.7. The fourth-order valence-corrected chi connectivity index (χ4v) is 4.51. The molecular weight excluding hydrogens is 466 g/mol. The number of benzene rings is 3. The van der Waals surface area contributed by atoms with Gasteiger partial charge < -0.3 is 23.9 Å². The number of aryl methyl sites for hydroxylation is 1. The minimum atomic E-state index is -0.159. The molecule has 4 aromatic rings. The molecule has 0 unspecified atom stereocenters. The van der Waals surface area contributed by atoms with Gasteiger partial charge in [-0.2, -0.15) is 0 Å². The molecule has 1 N–H and O–H groups in total. The summed E-state index contributed by atoms with van der Waals surface area (Å²) >= 11 is 0. The van der Waals surface area contributed by atoms with Crippen LogP contribution < -0.4 is 19.5 Å². The standard InChI is InChI=1S/C31H33NO5/c1-6-36-30-21(3)31-26(27(19-37-31)23-11-9-12-24(17-23)34-4)18-25(30)20(2)16-29(33)32-15-14-22-10-7-8-13-28(22)35-5/h7-13,16-19H,6,14-15H2,1-5H3,(H,32,33)/b20-16+. The SMILES string of the molecule is CCOc1c(/C(C)=C/C(=O)NCCc2ccccc2OC)cc2c(-c3cccc(OC)c3)coc2c1C. The Morgan fingerprint density at radius 2 is 1.86 bits per heavy atom. The third-order valence-corrected chi connectivity index (χ3v) is 6.37. The smallest absolute Gasteiger partial charge is 0.244 e. The number of amides is 1. The van der Waals surface area contributed by atoms with E-state index in [0.29, 0.717) is 19.6 Å². The van der Waals surface area contributed by atoms with E-state index in [1.165, 1.54) is 0 Å². The Labute approximate surface area is 217 Å². The van der Waals surface area contributed by atoms with E-state index >= 15 is 0 Å². The molecule has 0 radical (unpaired) electrons. The van der Waals surface area contributed by atoms with Crippen LogP contribution in [0.3, 0.4) is 0 Å². The Hall–Kier alpha value is -4.19. The Morgan fingerprint density at radius 3 is 2.62 bits per heavy atom. The molecule has 4 rings (SSSR count). The van der Waals surface area contributed by atoms with Gasteiger partial charge >= 0.3 is 0 Å². The highest BCUT2D eigenvalue weighted by atomic mass is 16.5. The van der Waals surface area contributed by atoms with Crippen molar-refractivity contribution in [3.8, 4) is 28.4 Å². The number of allylic oxidation sites excluding steroid dienone is 1. The summed E-state index contributed by atoms with van der Waals surface area (Å²) in [4.78, 5) is 12.8. The summed E-state index contributed by atoms with van der Waals surface area (Å²) in [5.41, 5.74) is 6.32. The summed E-state index contributed by atoms with van der Waals surface area (Å²) in [6.45, 7) is 6.85. The summed E-state index contributed by atoms with van der Waals surface area (Å²) in [6.07, 6.45) is 4.06. The molecule has 1 amide bonds. The van der Waals surface area contributed by atoms with Gasteiger partial charge in [-0.05, 0) is 68.2 Å². The summed E-state index contributed by atoms with van der Waals surface area (Å²) in [7, 11) is 3.30. The number of carbonyl (C=O) groups is 1. The van der Waals surface area contributed by atoms with Gasteiger partial charge in [0.2, 0.25) is 5.91 Å². The second-order valence-electron chi connectivity index (χ2n) is 8.75. The van der Waals surface area contributed by atoms with E-state index in [2.05, 4.69) is 5.32 Å². The summed E-state index contributed by atoms with van der Waals surface area (Å²) in [5.74, 6) is 2.15. The van der Waals surface area contributed by atoms with Crippen molar-refractivity contribution >= 4 is 22.4 Å². The predicted molar refractivity (Wildman–Crippen MR) is 147 cm³/mol. The lowest BCUT2D eigenvalue weighted by atomic mass is 9.96. The van der Waals surface area contributed by atoms with E-state index in [1.807, 2.05) is 75.4 Å². The quantitative estimate of drug-likeness (QED) is 0.249. The maximum Gasteiger partial charge on any atom is 0.244 e. The first-order valence-electron chi connectivity index (χ1n) is 12.4. The maximum absolute atomic E-state index is 12.8. The normalized spacial score (nSPS) is 11.4. The molecule has 0 aliphatic rings. The van der Waals surface area contributed by atoms with Gasteiger partial charge in [0.15, 0.2) is 0 Å². The van der Waals surface area contributed by atoms with Crippen molar-refractivity contribution in [1.82, 2.24) is 5.32 Å². The Bertz CT molecular complexity index is 1430. The number of para-hydroxylation sites is 1. The Balaban J connectivity index is 1.63. The van der Waals surface area contributed by atoms with Crippen molar-refractivity contribution in [2.24, 2.45) is 0 Å². The second-order valence-corrected chi connectivity index (χ2v) is 8.75. The van der Waals surface area contributed by atoms with Crippen LogP contribution in [0.2, 0.25) is 0 Å². The van der Waals surface area contributed by atoms with Gasteiger partial charge in [0.1, 0.15) is 22.8 Å². The largest absolute Gasteiger partial charge is 0.497 e. The molecule has 0 aliphatic carbocycles. The molecule has 0 saturated heterocycles. The van der Waals surface area contributed by atoms with Gasteiger partial charge in [-0.3, -0.25) is 4.79 Å². The topological polar surface area (TPSA) is 69.9 Å². The molecule has 0 saturated carbocycles. The highest BCUT2D eigenvalue weighted by Gasteiger charge is 2.19. The van der Waals surface area contributed by atoms with Crippen LogP contribution in [0.4, 0.5) is 0 Å². The van der Waals surface area contributed by atoms with E-state index < -0.39 is 0 Å². The van der Waals surface area contributed by atoms with Gasteiger partial charge in [-0.1, -0.05) is 30.3 Å². The number of methoxy groups -OCH3 is 2. The number of nitrogens with one attached hydrogen (secondary N) is 1. The lowest BCUT2D eigenvalue weighted by Gasteiger charge is -2.15. The van der Waals surface area contributed by atoms with Crippen LogP contribution in [0.25, 0.3) is 27.7 Å². The monoisotopic (exact) mass is 499 g/mol. The molecule has 192 valence electrons. The van der Waals surface area contributed by atoms with Gasteiger partial charge in [0, 0.05) is 34.7 Å². The molecular formula is C31H33NO5. The summed E-state index contributed by atoms with van der Waals surface area (Å²) in [6, 6.07) is 17.7. The molecule has 3 aromatic carbocycles. The number of furan rings is 1. The average Bonchev–Trinajstić information content (AvgIpc) is 3.35. The molecule has 0 spiro atoms. The average molecular weight is 500 g/mol. The third kappa shape index (κ3) is 5.64. The Morgan fingerprint density at radius 1 is 1.05 bits per heavy atom. The minimum Gasteiger partial charge on any atom is -0.497 e. The van der Waals surface area contributed by atoms with Crippen LogP contribution in [0.15, 0.2) is 71.4 Å². The third-order valence-electron chi connectivity index (χ3n) is 6.37. The predicted octanol–water partition coefficient (Wildman–Crippen LogP) is 6.59. The lowest BCUT2D eigenvalue weighted by molar-refractivity contribution is -0.116. The first-order valence-corrected chi connectivity index (χ1v) is 12.4. The number of ether oxygens (including phenoxy) is 3. The van der Waals surface area contributed by atoms with Crippen LogP contribution in [0.5, 0.6) is 17.2 Å². The van der Waals surface area contributed by atoms with Crippen LogP contribution >= 0.6 is 0 Å². The molecule has 1 aromatic heterocycles. The fraction of sp³-hybridized carbons (Fsp3) is 0.258. The lowest BCUT2D eigenvalue weighted by Crippen LogP contribution is -2.24. The molecule has 0 fully saturated rings. The molecule has 0 aliphatic heterocycles. The van der Waals surface area contributed by atoms with Crippen LogP contribution in [-0.2, 0) is 11.2 Å². The van der Waals surface area contributed by atoms with Gasteiger partial charge in [-0.25, -0.2) is 0 Å². The number of hydrogen-bond donors (Lipinski definition) is 1. The van der Waals surface area contributed by atoms with E-state index in [1.54, 1.807) is 26.6 Å². The Kier molecular flexibility index (Phi) is 8.18. The van der Waals surface area contributed by atoms with E-state index in [-0.39, 0.29) is 5.91 Å². The highest BCUT2D eigenvalue weighted by Crippen LogP contribution is 2.41. The van der Waals surface area contributed by atoms with E-state index in [4.69, 9.17) is 18.6 Å². The molecule has 37 heavy (non-hydrogen) atoms. The van der Waals surface area contributed by atoms with E-state index in [9.17, 15) is 4.79 Å². The first kappa shape index (κ1) is 25.9. The molecule has 1 heterocycles. The zero-order valence-electron chi connectivity index (χ0n) is 22.0. The molecule has 0 atom stereocenters. The number of rotatable bonds is 10. The number of carbonyl (C=O) groups excluding carboxylic acids is 1. The van der Waals surface area contributed by atoms with Crippen molar-refractivity contribution in [3.63, 3.8) is 0 Å². The van der Waals surface area contributed by atoms with Crippen LogP contribution in [-0.4, -0.2) is 33.3 Å². The number of hydrogen-bond acceptors (Lipinski definition) is 5. The molecule has 6 nitrogen and oxygen atoms in total. The zero-order valence-corrected chi connectivity index (χ0v) is 22.0. The van der Waals surface area contributed by atoms with Crippen molar-refractivity contribution in [2.45, 2.75) is 27.2 Å². The zero-order chi connectivity index (χ0) is 26.4. The number of fused-ring (bicyclic) bond motifs is 1. The molecule has 6 heteroatoms. The summed E-state index contributed by atoms with van der Waals surface area (Å²) < 4.78 is 22.8.